The molecule has 0 bridgehead atoms. The van der Waals surface area contributed by atoms with Gasteiger partial charge in [-0.3, -0.25) is 9.69 Å². The number of hydrogen-bond donors (Lipinski definition) is 2. The van der Waals surface area contributed by atoms with E-state index in [4.69, 9.17) is 10.5 Å². The molecule has 0 aromatic carbocycles. The molecule has 10 heteroatoms. The van der Waals surface area contributed by atoms with Gasteiger partial charge in [-0.15, -0.1) is 0 Å². The van der Waals surface area contributed by atoms with Gasteiger partial charge >= 0.3 is 6.09 Å². The Kier molecular flexibility index (Phi) is 5.34. The fraction of sp³-hybridized carbons (Fsp3) is 0.350. The van der Waals surface area contributed by atoms with Gasteiger partial charge in [-0.1, -0.05) is 6.07 Å². The van der Waals surface area contributed by atoms with Crippen LogP contribution in [0, 0.1) is 0 Å². The summed E-state index contributed by atoms with van der Waals surface area (Å²) in [7, 11) is 3.37. The molecule has 3 rings (SSSR count). The monoisotopic (exact) mass is 411 g/mol. The number of ether oxygens (including phenoxy) is 1. The number of nitrogens with one attached hydrogen (secondary N) is 1. The Labute approximate surface area is 174 Å². The van der Waals surface area contributed by atoms with Crippen molar-refractivity contribution < 1.29 is 14.3 Å². The van der Waals surface area contributed by atoms with Crippen molar-refractivity contribution in [2.24, 2.45) is 7.05 Å². The molecule has 2 amide bonds. The van der Waals surface area contributed by atoms with E-state index in [1.54, 1.807) is 56.9 Å². The SMILES string of the molecule is CC(=O)Nc1cccc(-c2c(N)nc(N(C)C(=O)OC(C)(C)C)c3ncn(C)c23)n1. The Hall–Kier alpha value is -3.69. The Balaban J connectivity index is 2.15. The molecule has 0 saturated carbocycles. The molecule has 0 unspecified atom stereocenters. The lowest BCUT2D eigenvalue weighted by molar-refractivity contribution is -0.114. The first-order chi connectivity index (χ1) is 14.0. The highest BCUT2D eigenvalue weighted by Crippen LogP contribution is 2.36. The summed E-state index contributed by atoms with van der Waals surface area (Å²) in [6.45, 7) is 6.76. The van der Waals surface area contributed by atoms with Gasteiger partial charge < -0.3 is 20.4 Å². The predicted molar refractivity (Wildman–Crippen MR) is 115 cm³/mol. The van der Waals surface area contributed by atoms with Crippen LogP contribution in [0.5, 0.6) is 0 Å². The Morgan fingerprint density at radius 1 is 1.23 bits per heavy atom. The van der Waals surface area contributed by atoms with Crippen LogP contribution in [-0.4, -0.2) is 44.2 Å². The van der Waals surface area contributed by atoms with Crippen molar-refractivity contribution in [3.05, 3.63) is 24.5 Å². The lowest BCUT2D eigenvalue weighted by atomic mass is 10.1. The third-order valence-corrected chi connectivity index (χ3v) is 4.16. The van der Waals surface area contributed by atoms with Gasteiger partial charge in [0.2, 0.25) is 5.91 Å². The maximum atomic E-state index is 12.6. The van der Waals surface area contributed by atoms with Crippen LogP contribution in [0.25, 0.3) is 22.3 Å². The number of nitrogen functional groups attached to an aromatic ring is 1. The molecule has 0 saturated heterocycles. The summed E-state index contributed by atoms with van der Waals surface area (Å²) in [5.41, 5.74) is 7.85. The van der Waals surface area contributed by atoms with Crippen molar-refractivity contribution in [1.82, 2.24) is 19.5 Å². The molecular weight excluding hydrogens is 386 g/mol. The number of nitrogens with two attached hydrogens (primary N) is 1. The molecule has 0 aliphatic rings. The van der Waals surface area contributed by atoms with Gasteiger partial charge in [0.15, 0.2) is 5.82 Å². The molecule has 10 nitrogen and oxygen atoms in total. The fourth-order valence-electron chi connectivity index (χ4n) is 2.96. The molecule has 3 N–H and O–H groups in total. The van der Waals surface area contributed by atoms with Crippen molar-refractivity contribution in [2.45, 2.75) is 33.3 Å². The third kappa shape index (κ3) is 4.17. The maximum absolute atomic E-state index is 12.6. The van der Waals surface area contributed by atoms with Crippen molar-refractivity contribution in [2.75, 3.05) is 23.0 Å². The molecule has 0 aliphatic carbocycles. The van der Waals surface area contributed by atoms with E-state index in [0.29, 0.717) is 28.1 Å². The number of hydrogen-bond acceptors (Lipinski definition) is 7. The molecule has 0 radical (unpaired) electrons. The van der Waals surface area contributed by atoms with E-state index in [1.807, 2.05) is 7.05 Å². The zero-order valence-electron chi connectivity index (χ0n) is 17.8. The molecule has 0 spiro atoms. The highest BCUT2D eigenvalue weighted by Gasteiger charge is 2.26. The number of anilines is 3. The van der Waals surface area contributed by atoms with E-state index in [0.717, 1.165) is 0 Å². The molecular formula is C20H25N7O3. The highest BCUT2D eigenvalue weighted by atomic mass is 16.6. The van der Waals surface area contributed by atoms with Gasteiger partial charge in [0.05, 0.1) is 23.1 Å². The molecule has 3 aromatic rings. The van der Waals surface area contributed by atoms with Gasteiger partial charge in [-0.25, -0.2) is 19.7 Å². The summed E-state index contributed by atoms with van der Waals surface area (Å²) in [4.78, 5) is 38.5. The normalized spacial score (nSPS) is 11.4. The molecule has 158 valence electrons. The van der Waals surface area contributed by atoms with Crippen LogP contribution in [0.3, 0.4) is 0 Å². The molecule has 30 heavy (non-hydrogen) atoms. The number of carbonyl (C=O) groups excluding carboxylic acids is 2. The number of nitrogens with zero attached hydrogens (tertiary/aromatic N) is 5. The van der Waals surface area contributed by atoms with E-state index in [-0.39, 0.29) is 17.5 Å². The number of aryl methyl sites for hydroxylation is 1. The van der Waals surface area contributed by atoms with E-state index < -0.39 is 11.7 Å². The Bertz CT molecular complexity index is 1130. The smallest absolute Gasteiger partial charge is 0.415 e. The van der Waals surface area contributed by atoms with Crippen LogP contribution in [0.15, 0.2) is 24.5 Å². The zero-order valence-corrected chi connectivity index (χ0v) is 17.8. The van der Waals surface area contributed by atoms with Gasteiger partial charge in [0.25, 0.3) is 0 Å². The van der Waals surface area contributed by atoms with Crippen LogP contribution in [0.1, 0.15) is 27.7 Å². The lowest BCUT2D eigenvalue weighted by Gasteiger charge is -2.24. The number of pyridine rings is 2. The Morgan fingerprint density at radius 3 is 2.57 bits per heavy atom. The van der Waals surface area contributed by atoms with Crippen molar-refractivity contribution in [3.8, 4) is 11.3 Å². The van der Waals surface area contributed by atoms with Crippen LogP contribution in [0.4, 0.5) is 22.2 Å². The summed E-state index contributed by atoms with van der Waals surface area (Å²) in [6.07, 6.45) is 1.04. The summed E-state index contributed by atoms with van der Waals surface area (Å²) >= 11 is 0. The van der Waals surface area contributed by atoms with E-state index in [2.05, 4.69) is 20.3 Å². The summed E-state index contributed by atoms with van der Waals surface area (Å²) in [5, 5.41) is 2.65. The van der Waals surface area contributed by atoms with E-state index >= 15 is 0 Å². The average molecular weight is 411 g/mol. The number of aromatic nitrogens is 4. The van der Waals surface area contributed by atoms with Gasteiger partial charge in [0, 0.05) is 21.0 Å². The van der Waals surface area contributed by atoms with E-state index in [1.165, 1.54) is 11.8 Å². The topological polar surface area (TPSA) is 128 Å². The summed E-state index contributed by atoms with van der Waals surface area (Å²) in [5.74, 6) is 0.610. The highest BCUT2D eigenvalue weighted by molar-refractivity contribution is 6.05. The second kappa shape index (κ2) is 7.62. The quantitative estimate of drug-likeness (QED) is 0.678. The number of rotatable bonds is 3. The minimum atomic E-state index is -0.659. The first-order valence-corrected chi connectivity index (χ1v) is 9.30. The second-order valence-electron chi connectivity index (χ2n) is 7.88. The molecule has 0 aliphatic heterocycles. The molecule has 0 fully saturated rings. The lowest BCUT2D eigenvalue weighted by Crippen LogP contribution is -2.34. The van der Waals surface area contributed by atoms with Crippen molar-refractivity contribution in [1.29, 1.82) is 0 Å². The number of amides is 2. The first-order valence-electron chi connectivity index (χ1n) is 9.30. The van der Waals surface area contributed by atoms with Crippen molar-refractivity contribution >= 4 is 40.5 Å². The molecule has 3 aromatic heterocycles. The predicted octanol–water partition coefficient (Wildman–Crippen LogP) is 2.94. The van der Waals surface area contributed by atoms with Gasteiger partial charge in [0.1, 0.15) is 22.8 Å². The zero-order chi connectivity index (χ0) is 22.2. The summed E-state index contributed by atoms with van der Waals surface area (Å²) in [6, 6.07) is 5.21. The molecule has 0 atom stereocenters. The average Bonchev–Trinajstić information content (AvgIpc) is 3.00. The number of fused-ring (bicyclic) bond motifs is 1. The Morgan fingerprint density at radius 2 is 1.93 bits per heavy atom. The minimum Gasteiger partial charge on any atom is -0.443 e. The van der Waals surface area contributed by atoms with Crippen LogP contribution in [-0.2, 0) is 16.6 Å². The van der Waals surface area contributed by atoms with E-state index in [9.17, 15) is 9.59 Å². The molecule has 3 heterocycles. The number of imidazole rings is 1. The minimum absolute atomic E-state index is 0.170. The third-order valence-electron chi connectivity index (χ3n) is 4.16. The number of carbonyl (C=O) groups is 2. The van der Waals surface area contributed by atoms with Crippen LogP contribution in [0.2, 0.25) is 0 Å². The van der Waals surface area contributed by atoms with Crippen LogP contribution >= 0.6 is 0 Å². The first kappa shape index (κ1) is 21.0. The summed E-state index contributed by atoms with van der Waals surface area (Å²) < 4.78 is 7.22. The maximum Gasteiger partial charge on any atom is 0.415 e. The van der Waals surface area contributed by atoms with Crippen molar-refractivity contribution in [3.63, 3.8) is 0 Å². The fourth-order valence-corrected chi connectivity index (χ4v) is 2.96. The van der Waals surface area contributed by atoms with Gasteiger partial charge in [-0.2, -0.15) is 0 Å². The largest absolute Gasteiger partial charge is 0.443 e. The second-order valence-corrected chi connectivity index (χ2v) is 7.88. The van der Waals surface area contributed by atoms with Crippen LogP contribution < -0.4 is 16.0 Å². The van der Waals surface area contributed by atoms with Gasteiger partial charge in [-0.05, 0) is 32.9 Å². The standard InChI is InChI=1S/C20H25N7O3/c1-11(28)23-13-9-7-8-12(24-13)14-16-15(22-10-26(16)5)18(25-17(14)21)27(6)19(29)30-20(2,3)4/h7-10H,1-6H3,(H2,21,25)(H,23,24,28).